The average molecular weight is 249 g/mol. The van der Waals surface area contributed by atoms with Crippen LogP contribution in [0, 0.1) is 6.92 Å². The summed E-state index contributed by atoms with van der Waals surface area (Å²) in [6, 6.07) is 7.81. The van der Waals surface area contributed by atoms with Gasteiger partial charge in [0, 0.05) is 6.04 Å². The summed E-state index contributed by atoms with van der Waals surface area (Å²) >= 11 is 0. The number of aliphatic hydroxyl groups is 1. The summed E-state index contributed by atoms with van der Waals surface area (Å²) in [4.78, 5) is 11.5. The van der Waals surface area contributed by atoms with Crippen molar-refractivity contribution in [3.05, 3.63) is 35.4 Å². The van der Waals surface area contributed by atoms with Crippen LogP contribution in [0.3, 0.4) is 0 Å². The fourth-order valence-corrected chi connectivity index (χ4v) is 1.83. The van der Waals surface area contributed by atoms with Gasteiger partial charge in [-0.3, -0.25) is 0 Å². The molecule has 1 aromatic carbocycles. The van der Waals surface area contributed by atoms with Gasteiger partial charge in [-0.05, 0) is 37.8 Å². The number of carbonyl (C=O) groups excluding carboxylic acids is 1. The van der Waals surface area contributed by atoms with Crippen molar-refractivity contribution in [3.63, 3.8) is 0 Å². The molecule has 1 saturated carbocycles. The lowest BCUT2D eigenvalue weighted by atomic mass is 10.0. The van der Waals surface area contributed by atoms with Gasteiger partial charge in [-0.1, -0.05) is 24.3 Å². The topological polar surface area (TPSA) is 58.6 Å². The molecular formula is C14H19NO3. The fraction of sp³-hybridized carbons (Fsp3) is 0.500. The van der Waals surface area contributed by atoms with Crippen LogP contribution in [-0.2, 0) is 4.74 Å². The van der Waals surface area contributed by atoms with Crippen LogP contribution in [0.1, 0.15) is 37.0 Å². The summed E-state index contributed by atoms with van der Waals surface area (Å²) in [7, 11) is 0. The quantitative estimate of drug-likeness (QED) is 0.860. The fourth-order valence-electron chi connectivity index (χ4n) is 1.83. The second-order valence-corrected chi connectivity index (χ2v) is 4.83. The number of hydrogen-bond acceptors (Lipinski definition) is 3. The van der Waals surface area contributed by atoms with Gasteiger partial charge in [0.2, 0.25) is 0 Å². The molecular weight excluding hydrogens is 230 g/mol. The van der Waals surface area contributed by atoms with E-state index in [4.69, 9.17) is 4.74 Å². The van der Waals surface area contributed by atoms with Crippen molar-refractivity contribution in [2.45, 2.75) is 44.9 Å². The van der Waals surface area contributed by atoms with E-state index in [1.165, 1.54) is 0 Å². The maximum atomic E-state index is 11.5. The van der Waals surface area contributed by atoms with Gasteiger partial charge in [0.15, 0.2) is 0 Å². The molecule has 0 aromatic heterocycles. The zero-order valence-corrected chi connectivity index (χ0v) is 10.7. The Morgan fingerprint density at radius 3 is 2.72 bits per heavy atom. The van der Waals surface area contributed by atoms with Crippen LogP contribution >= 0.6 is 0 Å². The SMILES string of the molecule is Cc1ccccc1[C@H](O)[C@H](C)OC(=O)NC1CC1. The monoisotopic (exact) mass is 249 g/mol. The van der Waals surface area contributed by atoms with Gasteiger partial charge in [-0.2, -0.15) is 0 Å². The molecule has 18 heavy (non-hydrogen) atoms. The second kappa shape index (κ2) is 5.40. The molecule has 2 rings (SSSR count). The summed E-state index contributed by atoms with van der Waals surface area (Å²) in [5, 5.41) is 12.9. The van der Waals surface area contributed by atoms with Crippen LogP contribution in [0.4, 0.5) is 4.79 Å². The van der Waals surface area contributed by atoms with Crippen molar-refractivity contribution in [1.82, 2.24) is 5.32 Å². The molecule has 0 spiro atoms. The van der Waals surface area contributed by atoms with Crippen molar-refractivity contribution in [3.8, 4) is 0 Å². The molecule has 1 aliphatic carbocycles. The first kappa shape index (κ1) is 12.9. The van der Waals surface area contributed by atoms with Crippen molar-refractivity contribution in [2.24, 2.45) is 0 Å². The van der Waals surface area contributed by atoms with Gasteiger partial charge in [0.1, 0.15) is 12.2 Å². The normalized spacial score (nSPS) is 17.9. The first-order valence-corrected chi connectivity index (χ1v) is 6.28. The van der Waals surface area contributed by atoms with Crippen LogP contribution in [-0.4, -0.2) is 23.3 Å². The second-order valence-electron chi connectivity index (χ2n) is 4.83. The number of aliphatic hydroxyl groups excluding tert-OH is 1. The number of carbonyl (C=O) groups is 1. The Labute approximate surface area is 107 Å². The molecule has 0 radical (unpaired) electrons. The zero-order valence-electron chi connectivity index (χ0n) is 10.7. The number of rotatable bonds is 4. The number of nitrogens with one attached hydrogen (secondary N) is 1. The molecule has 0 unspecified atom stereocenters. The summed E-state index contributed by atoms with van der Waals surface area (Å²) in [6.45, 7) is 3.62. The highest BCUT2D eigenvalue weighted by atomic mass is 16.6. The highest BCUT2D eigenvalue weighted by Crippen LogP contribution is 2.23. The molecule has 1 amide bonds. The summed E-state index contributed by atoms with van der Waals surface area (Å²) < 4.78 is 5.17. The lowest BCUT2D eigenvalue weighted by Crippen LogP contribution is -2.32. The molecule has 2 atom stereocenters. The van der Waals surface area contributed by atoms with E-state index in [0.717, 1.165) is 24.0 Å². The van der Waals surface area contributed by atoms with Gasteiger partial charge >= 0.3 is 6.09 Å². The van der Waals surface area contributed by atoms with Crippen molar-refractivity contribution in [1.29, 1.82) is 0 Å². The largest absolute Gasteiger partial charge is 0.443 e. The van der Waals surface area contributed by atoms with Gasteiger partial charge in [-0.15, -0.1) is 0 Å². The number of benzene rings is 1. The maximum absolute atomic E-state index is 11.5. The molecule has 2 N–H and O–H groups in total. The Hall–Kier alpha value is -1.55. The first-order chi connectivity index (χ1) is 8.58. The minimum Gasteiger partial charge on any atom is -0.443 e. The third-order valence-electron chi connectivity index (χ3n) is 3.14. The van der Waals surface area contributed by atoms with E-state index in [-0.39, 0.29) is 6.04 Å². The van der Waals surface area contributed by atoms with Gasteiger partial charge in [-0.25, -0.2) is 4.79 Å². The molecule has 0 bridgehead atoms. The Bertz CT molecular complexity index is 429. The van der Waals surface area contributed by atoms with E-state index < -0.39 is 18.3 Å². The standard InChI is InChI=1S/C14H19NO3/c1-9-5-3-4-6-12(9)13(16)10(2)18-14(17)15-11-7-8-11/h3-6,10-11,13,16H,7-8H2,1-2H3,(H,15,17)/t10-,13+/m0/s1. The maximum Gasteiger partial charge on any atom is 0.407 e. The Kier molecular flexibility index (Phi) is 3.87. The number of aryl methyl sites for hydroxylation is 1. The van der Waals surface area contributed by atoms with Crippen LogP contribution < -0.4 is 5.32 Å². The van der Waals surface area contributed by atoms with Gasteiger partial charge < -0.3 is 15.2 Å². The van der Waals surface area contributed by atoms with Crippen molar-refractivity contribution < 1.29 is 14.6 Å². The molecule has 1 aromatic rings. The average Bonchev–Trinajstić information content (AvgIpc) is 3.12. The molecule has 0 saturated heterocycles. The molecule has 1 aliphatic rings. The summed E-state index contributed by atoms with van der Waals surface area (Å²) in [6.07, 6.45) is 0.229. The predicted molar refractivity (Wildman–Crippen MR) is 68.2 cm³/mol. The van der Waals surface area contributed by atoms with E-state index in [0.29, 0.717) is 0 Å². The lowest BCUT2D eigenvalue weighted by molar-refractivity contribution is 0.0114. The van der Waals surface area contributed by atoms with E-state index in [2.05, 4.69) is 5.32 Å². The minimum atomic E-state index is -0.795. The summed E-state index contributed by atoms with van der Waals surface area (Å²) in [5.41, 5.74) is 1.78. The third kappa shape index (κ3) is 3.23. The van der Waals surface area contributed by atoms with Crippen LogP contribution in [0.5, 0.6) is 0 Å². The van der Waals surface area contributed by atoms with Crippen LogP contribution in [0.2, 0.25) is 0 Å². The van der Waals surface area contributed by atoms with Crippen LogP contribution in [0.25, 0.3) is 0 Å². The van der Waals surface area contributed by atoms with E-state index in [1.807, 2.05) is 31.2 Å². The lowest BCUT2D eigenvalue weighted by Gasteiger charge is -2.21. The number of amides is 1. The Balaban J connectivity index is 1.93. The smallest absolute Gasteiger partial charge is 0.407 e. The molecule has 0 aliphatic heterocycles. The molecule has 98 valence electrons. The van der Waals surface area contributed by atoms with Crippen LogP contribution in [0.15, 0.2) is 24.3 Å². The predicted octanol–water partition coefficient (Wildman–Crippen LogP) is 2.31. The number of hydrogen-bond donors (Lipinski definition) is 2. The summed E-state index contributed by atoms with van der Waals surface area (Å²) in [5.74, 6) is 0. The number of alkyl carbamates (subject to hydrolysis) is 1. The molecule has 1 fully saturated rings. The first-order valence-electron chi connectivity index (χ1n) is 6.28. The Morgan fingerprint density at radius 2 is 2.11 bits per heavy atom. The van der Waals surface area contributed by atoms with Gasteiger partial charge in [0.05, 0.1) is 0 Å². The van der Waals surface area contributed by atoms with Crippen molar-refractivity contribution >= 4 is 6.09 Å². The molecule has 4 heteroatoms. The zero-order chi connectivity index (χ0) is 13.1. The molecule has 0 heterocycles. The third-order valence-corrected chi connectivity index (χ3v) is 3.14. The van der Waals surface area contributed by atoms with Crippen molar-refractivity contribution in [2.75, 3.05) is 0 Å². The molecule has 4 nitrogen and oxygen atoms in total. The number of ether oxygens (including phenoxy) is 1. The van der Waals surface area contributed by atoms with E-state index in [9.17, 15) is 9.90 Å². The minimum absolute atomic E-state index is 0.264. The highest BCUT2D eigenvalue weighted by Gasteiger charge is 2.27. The Morgan fingerprint density at radius 1 is 1.44 bits per heavy atom. The van der Waals surface area contributed by atoms with E-state index in [1.54, 1.807) is 6.92 Å². The van der Waals surface area contributed by atoms with Gasteiger partial charge in [0.25, 0.3) is 0 Å². The van der Waals surface area contributed by atoms with E-state index >= 15 is 0 Å². The highest BCUT2D eigenvalue weighted by molar-refractivity contribution is 5.68.